The number of aromatic amines is 1. The van der Waals surface area contributed by atoms with E-state index in [-0.39, 0.29) is 17.9 Å². The summed E-state index contributed by atoms with van der Waals surface area (Å²) in [4.78, 5) is 16.2. The van der Waals surface area contributed by atoms with Gasteiger partial charge in [0, 0.05) is 43.2 Å². The summed E-state index contributed by atoms with van der Waals surface area (Å²) in [5, 5.41) is 9.82. The molecule has 2 aromatic rings. The van der Waals surface area contributed by atoms with Crippen LogP contribution in [-0.4, -0.2) is 38.8 Å². The summed E-state index contributed by atoms with van der Waals surface area (Å²) in [5.41, 5.74) is 1.05. The average Bonchev–Trinajstić information content (AvgIpc) is 3.18. The molecule has 2 atom stereocenters. The highest BCUT2D eigenvalue weighted by Gasteiger charge is 2.28. The molecule has 0 saturated carbocycles. The number of rotatable bonds is 5. The zero-order valence-corrected chi connectivity index (χ0v) is 12.7. The van der Waals surface area contributed by atoms with Crippen LogP contribution in [0.5, 0.6) is 0 Å². The number of H-pyrrole nitrogens is 1. The van der Waals surface area contributed by atoms with E-state index >= 15 is 0 Å². The van der Waals surface area contributed by atoms with Crippen LogP contribution in [0.2, 0.25) is 0 Å². The van der Waals surface area contributed by atoms with E-state index in [0.717, 1.165) is 30.8 Å². The van der Waals surface area contributed by atoms with Gasteiger partial charge in [-0.2, -0.15) is 5.10 Å². The molecule has 0 unspecified atom stereocenters. The molecule has 1 saturated heterocycles. The zero-order valence-electron chi connectivity index (χ0n) is 12.7. The number of aromatic nitrogens is 4. The smallest absolute Gasteiger partial charge is 0.239 e. The largest absolute Gasteiger partial charge is 0.373 e. The van der Waals surface area contributed by atoms with Gasteiger partial charge in [-0.3, -0.25) is 9.89 Å². The van der Waals surface area contributed by atoms with Crippen molar-refractivity contribution in [3.05, 3.63) is 36.2 Å². The first kappa shape index (κ1) is 14.8. The number of hydrogen-bond acceptors (Lipinski definition) is 4. The SMILES string of the molecule is Cc1nccn1CC(=O)NC[C@@H]1CCCO[C@H]1c1cn[nH]c1. The molecule has 2 N–H and O–H groups in total. The van der Waals surface area contributed by atoms with E-state index in [2.05, 4.69) is 20.5 Å². The molecule has 0 spiro atoms. The fraction of sp³-hybridized carbons (Fsp3) is 0.533. The van der Waals surface area contributed by atoms with Gasteiger partial charge in [0.25, 0.3) is 0 Å². The van der Waals surface area contributed by atoms with Gasteiger partial charge in [0.05, 0.1) is 12.3 Å². The van der Waals surface area contributed by atoms with Gasteiger partial charge in [0.2, 0.25) is 5.91 Å². The summed E-state index contributed by atoms with van der Waals surface area (Å²) in [6.45, 7) is 3.56. The Bertz CT molecular complexity index is 607. The van der Waals surface area contributed by atoms with Gasteiger partial charge in [0.15, 0.2) is 0 Å². The van der Waals surface area contributed by atoms with Gasteiger partial charge < -0.3 is 14.6 Å². The topological polar surface area (TPSA) is 84.8 Å². The van der Waals surface area contributed by atoms with Crippen molar-refractivity contribution in [1.29, 1.82) is 0 Å². The van der Waals surface area contributed by atoms with Gasteiger partial charge in [-0.05, 0) is 19.8 Å². The monoisotopic (exact) mass is 303 g/mol. The number of amides is 1. The quantitative estimate of drug-likeness (QED) is 0.869. The third-order valence-corrected chi connectivity index (χ3v) is 4.09. The third kappa shape index (κ3) is 3.36. The molecule has 0 bridgehead atoms. The second kappa shape index (κ2) is 6.74. The normalized spacial score (nSPS) is 21.7. The molecule has 2 aromatic heterocycles. The van der Waals surface area contributed by atoms with Gasteiger partial charge >= 0.3 is 0 Å². The van der Waals surface area contributed by atoms with Gasteiger partial charge in [-0.15, -0.1) is 0 Å². The Balaban J connectivity index is 1.55. The van der Waals surface area contributed by atoms with Crippen LogP contribution < -0.4 is 5.32 Å². The van der Waals surface area contributed by atoms with Crippen molar-refractivity contribution in [3.8, 4) is 0 Å². The highest BCUT2D eigenvalue weighted by atomic mass is 16.5. The predicted octanol–water partition coefficient (Wildman–Crippen LogP) is 1.20. The van der Waals surface area contributed by atoms with Crippen LogP contribution in [0.25, 0.3) is 0 Å². The molecule has 7 nitrogen and oxygen atoms in total. The second-order valence-electron chi connectivity index (χ2n) is 5.63. The van der Waals surface area contributed by atoms with E-state index in [4.69, 9.17) is 4.74 Å². The molecule has 1 aliphatic heterocycles. The maximum absolute atomic E-state index is 12.1. The molecule has 1 fully saturated rings. The van der Waals surface area contributed by atoms with Crippen LogP contribution in [0.15, 0.2) is 24.8 Å². The van der Waals surface area contributed by atoms with E-state index in [1.807, 2.05) is 23.9 Å². The Kier molecular flexibility index (Phi) is 4.53. The zero-order chi connectivity index (χ0) is 15.4. The minimum Gasteiger partial charge on any atom is -0.373 e. The van der Waals surface area contributed by atoms with Crippen molar-refractivity contribution in [2.45, 2.75) is 32.4 Å². The van der Waals surface area contributed by atoms with E-state index in [0.29, 0.717) is 13.1 Å². The molecule has 3 rings (SSSR count). The summed E-state index contributed by atoms with van der Waals surface area (Å²) in [6.07, 6.45) is 9.23. The summed E-state index contributed by atoms with van der Waals surface area (Å²) in [7, 11) is 0. The van der Waals surface area contributed by atoms with E-state index in [9.17, 15) is 4.79 Å². The Labute approximate surface area is 129 Å². The van der Waals surface area contributed by atoms with Crippen LogP contribution in [0.4, 0.5) is 0 Å². The van der Waals surface area contributed by atoms with Crippen molar-refractivity contribution >= 4 is 5.91 Å². The average molecular weight is 303 g/mol. The Morgan fingerprint density at radius 2 is 2.50 bits per heavy atom. The van der Waals surface area contributed by atoms with Gasteiger partial charge in [0.1, 0.15) is 12.4 Å². The van der Waals surface area contributed by atoms with Crippen LogP contribution in [-0.2, 0) is 16.1 Å². The number of hydrogen-bond donors (Lipinski definition) is 2. The Morgan fingerprint density at radius 1 is 1.59 bits per heavy atom. The lowest BCUT2D eigenvalue weighted by molar-refractivity contribution is -0.122. The minimum absolute atomic E-state index is 0.00221. The summed E-state index contributed by atoms with van der Waals surface area (Å²) in [6, 6.07) is 0. The molecular formula is C15H21N5O2. The van der Waals surface area contributed by atoms with Crippen LogP contribution in [0, 0.1) is 12.8 Å². The first-order valence-corrected chi connectivity index (χ1v) is 7.59. The maximum atomic E-state index is 12.1. The second-order valence-corrected chi connectivity index (χ2v) is 5.63. The number of nitrogens with zero attached hydrogens (tertiary/aromatic N) is 3. The molecular weight excluding hydrogens is 282 g/mol. The number of ether oxygens (including phenoxy) is 1. The fourth-order valence-corrected chi connectivity index (χ4v) is 2.86. The molecule has 0 aliphatic carbocycles. The summed E-state index contributed by atoms with van der Waals surface area (Å²) in [5.74, 6) is 1.12. The number of carbonyl (C=O) groups excluding carboxylic acids is 1. The lowest BCUT2D eigenvalue weighted by Crippen LogP contribution is -2.36. The van der Waals surface area contributed by atoms with Gasteiger partial charge in [-0.25, -0.2) is 4.98 Å². The first-order valence-electron chi connectivity index (χ1n) is 7.59. The number of carbonyl (C=O) groups is 1. The van der Waals surface area contributed by atoms with E-state index < -0.39 is 0 Å². The first-order chi connectivity index (χ1) is 10.7. The minimum atomic E-state index is -0.00221. The lowest BCUT2D eigenvalue weighted by atomic mass is 9.91. The molecule has 1 aliphatic rings. The molecule has 1 amide bonds. The van der Waals surface area contributed by atoms with Crippen LogP contribution >= 0.6 is 0 Å². The molecule has 22 heavy (non-hydrogen) atoms. The molecule has 0 radical (unpaired) electrons. The number of aryl methyl sites for hydroxylation is 1. The molecule has 3 heterocycles. The van der Waals surface area contributed by atoms with Gasteiger partial charge in [-0.1, -0.05) is 0 Å². The van der Waals surface area contributed by atoms with Crippen molar-refractivity contribution in [3.63, 3.8) is 0 Å². The van der Waals surface area contributed by atoms with Crippen molar-refractivity contribution in [1.82, 2.24) is 25.1 Å². The lowest BCUT2D eigenvalue weighted by Gasteiger charge is -2.31. The fourth-order valence-electron chi connectivity index (χ4n) is 2.86. The third-order valence-electron chi connectivity index (χ3n) is 4.09. The standard InChI is InChI=1S/C15H21N5O2/c1-11-16-4-5-20(11)10-14(21)17-7-12-3-2-6-22-15(12)13-8-18-19-9-13/h4-5,8-9,12,15H,2-3,6-7,10H2,1H3,(H,17,21)(H,18,19)/t12-,15+/m0/s1. The summed E-state index contributed by atoms with van der Waals surface area (Å²) < 4.78 is 7.70. The predicted molar refractivity (Wildman–Crippen MR) is 80.0 cm³/mol. The number of nitrogens with one attached hydrogen (secondary N) is 2. The van der Waals surface area contributed by atoms with E-state index in [1.165, 1.54) is 0 Å². The van der Waals surface area contributed by atoms with Crippen molar-refractivity contribution in [2.75, 3.05) is 13.2 Å². The Hall–Kier alpha value is -2.15. The van der Waals surface area contributed by atoms with Crippen molar-refractivity contribution in [2.24, 2.45) is 5.92 Å². The highest BCUT2D eigenvalue weighted by molar-refractivity contribution is 5.75. The maximum Gasteiger partial charge on any atom is 0.239 e. The van der Waals surface area contributed by atoms with Crippen LogP contribution in [0.3, 0.4) is 0 Å². The molecule has 7 heteroatoms. The van der Waals surface area contributed by atoms with E-state index in [1.54, 1.807) is 12.4 Å². The van der Waals surface area contributed by atoms with Crippen molar-refractivity contribution < 1.29 is 9.53 Å². The number of imidazole rings is 1. The van der Waals surface area contributed by atoms with Crippen LogP contribution in [0.1, 0.15) is 30.3 Å². The molecule has 0 aromatic carbocycles. The Morgan fingerprint density at radius 3 is 3.23 bits per heavy atom. The summed E-state index contributed by atoms with van der Waals surface area (Å²) >= 11 is 0. The molecule has 118 valence electrons. The highest BCUT2D eigenvalue weighted by Crippen LogP contribution is 2.32.